The molecule has 0 radical (unpaired) electrons. The minimum Gasteiger partial charge on any atom is -0.384 e. The Bertz CT molecular complexity index is 636. The summed E-state index contributed by atoms with van der Waals surface area (Å²) in [7, 11) is 1.53. The van der Waals surface area contributed by atoms with E-state index in [1.54, 1.807) is 24.3 Å². The van der Waals surface area contributed by atoms with Gasteiger partial charge in [-0.25, -0.2) is 9.97 Å². The Morgan fingerprint density at radius 1 is 1.40 bits per heavy atom. The van der Waals surface area contributed by atoms with E-state index in [1.807, 2.05) is 0 Å². The summed E-state index contributed by atoms with van der Waals surface area (Å²) in [5.41, 5.74) is 5.72. The van der Waals surface area contributed by atoms with Crippen LogP contribution < -0.4 is 5.73 Å². The molecule has 20 heavy (non-hydrogen) atoms. The predicted octanol–water partition coefficient (Wildman–Crippen LogP) is 2.26. The van der Waals surface area contributed by atoms with Crippen LogP contribution in [0.3, 0.4) is 0 Å². The Hall–Kier alpha value is -2.19. The van der Waals surface area contributed by atoms with E-state index in [2.05, 4.69) is 9.97 Å². The maximum atomic E-state index is 11.0. The first-order valence-electron chi connectivity index (χ1n) is 5.64. The Kier molecular flexibility index (Phi) is 4.49. The number of nitro benzene ring substituents is 1. The summed E-state index contributed by atoms with van der Waals surface area (Å²) in [6, 6.07) is 8.03. The molecule has 2 N–H and O–H groups in total. The molecule has 0 saturated heterocycles. The number of nitrogens with two attached hydrogens (primary N) is 1. The van der Waals surface area contributed by atoms with Crippen molar-refractivity contribution in [2.45, 2.75) is 16.5 Å². The molecule has 0 aliphatic rings. The van der Waals surface area contributed by atoms with Crippen molar-refractivity contribution in [1.29, 1.82) is 0 Å². The number of rotatable bonds is 5. The molecule has 104 valence electrons. The fourth-order valence-electron chi connectivity index (χ4n) is 1.55. The Morgan fingerprint density at radius 3 is 2.85 bits per heavy atom. The summed E-state index contributed by atoms with van der Waals surface area (Å²) in [5, 5.41) is 11.5. The molecule has 1 aromatic carbocycles. The topological polar surface area (TPSA) is 104 Å². The zero-order chi connectivity index (χ0) is 14.5. The highest BCUT2D eigenvalue weighted by molar-refractivity contribution is 7.99. The predicted molar refractivity (Wildman–Crippen MR) is 74.4 cm³/mol. The highest BCUT2D eigenvalue weighted by Crippen LogP contribution is 2.33. The molecular formula is C12H12N4O3S. The van der Waals surface area contributed by atoms with Crippen molar-refractivity contribution >= 4 is 23.3 Å². The van der Waals surface area contributed by atoms with Gasteiger partial charge in [0, 0.05) is 19.2 Å². The fourth-order valence-corrected chi connectivity index (χ4v) is 2.49. The summed E-state index contributed by atoms with van der Waals surface area (Å²) in [4.78, 5) is 19.3. The van der Waals surface area contributed by atoms with Crippen molar-refractivity contribution in [1.82, 2.24) is 9.97 Å². The van der Waals surface area contributed by atoms with Crippen LogP contribution in [0.15, 0.2) is 40.3 Å². The molecule has 0 atom stereocenters. The van der Waals surface area contributed by atoms with Gasteiger partial charge in [0.1, 0.15) is 17.5 Å². The van der Waals surface area contributed by atoms with E-state index < -0.39 is 4.92 Å². The second-order valence-electron chi connectivity index (χ2n) is 3.81. The van der Waals surface area contributed by atoms with Crippen molar-refractivity contribution in [2.75, 3.05) is 12.8 Å². The lowest BCUT2D eigenvalue weighted by atomic mass is 10.3. The molecule has 0 aliphatic heterocycles. The van der Waals surface area contributed by atoms with Crippen LogP contribution in [0.5, 0.6) is 0 Å². The van der Waals surface area contributed by atoms with Gasteiger partial charge in [0.05, 0.1) is 9.82 Å². The molecule has 0 unspecified atom stereocenters. The van der Waals surface area contributed by atoms with Crippen molar-refractivity contribution in [3.63, 3.8) is 0 Å². The van der Waals surface area contributed by atoms with Crippen LogP contribution in [0.2, 0.25) is 0 Å². The van der Waals surface area contributed by atoms with Crippen LogP contribution in [0, 0.1) is 10.1 Å². The molecule has 7 nitrogen and oxygen atoms in total. The highest BCUT2D eigenvalue weighted by atomic mass is 32.2. The summed E-state index contributed by atoms with van der Waals surface area (Å²) >= 11 is 1.17. The molecule has 2 rings (SSSR count). The zero-order valence-electron chi connectivity index (χ0n) is 10.6. The van der Waals surface area contributed by atoms with E-state index in [-0.39, 0.29) is 12.3 Å². The molecule has 0 aliphatic carbocycles. The van der Waals surface area contributed by atoms with Gasteiger partial charge >= 0.3 is 0 Å². The highest BCUT2D eigenvalue weighted by Gasteiger charge is 2.15. The van der Waals surface area contributed by atoms with Crippen LogP contribution in [-0.4, -0.2) is 22.0 Å². The van der Waals surface area contributed by atoms with Crippen molar-refractivity contribution in [3.8, 4) is 0 Å². The van der Waals surface area contributed by atoms with Crippen molar-refractivity contribution < 1.29 is 9.66 Å². The van der Waals surface area contributed by atoms with Gasteiger partial charge in [-0.05, 0) is 6.07 Å². The Labute approximate surface area is 119 Å². The Morgan fingerprint density at radius 2 is 2.15 bits per heavy atom. The van der Waals surface area contributed by atoms with Gasteiger partial charge < -0.3 is 10.5 Å². The minimum absolute atomic E-state index is 0.0305. The summed E-state index contributed by atoms with van der Waals surface area (Å²) < 4.78 is 4.95. The summed E-state index contributed by atoms with van der Waals surface area (Å²) in [6.45, 7) is 0.232. The molecule has 0 amide bonds. The average Bonchev–Trinajstić information content (AvgIpc) is 2.38. The third-order valence-electron chi connectivity index (χ3n) is 2.32. The molecule has 1 aromatic heterocycles. The van der Waals surface area contributed by atoms with Crippen LogP contribution in [0.1, 0.15) is 5.82 Å². The molecule has 8 heteroatoms. The van der Waals surface area contributed by atoms with E-state index >= 15 is 0 Å². The maximum Gasteiger partial charge on any atom is 0.283 e. The first-order chi connectivity index (χ1) is 9.60. The number of nitro groups is 1. The maximum absolute atomic E-state index is 11.0. The largest absolute Gasteiger partial charge is 0.384 e. The molecule has 0 spiro atoms. The van der Waals surface area contributed by atoms with Crippen LogP contribution in [0.4, 0.5) is 11.5 Å². The van der Waals surface area contributed by atoms with Crippen LogP contribution in [0.25, 0.3) is 0 Å². The van der Waals surface area contributed by atoms with E-state index in [0.717, 1.165) is 0 Å². The number of ether oxygens (including phenoxy) is 1. The number of hydrogen-bond donors (Lipinski definition) is 1. The molecule has 0 fully saturated rings. The van der Waals surface area contributed by atoms with Gasteiger partial charge in [0.2, 0.25) is 0 Å². The summed E-state index contributed by atoms with van der Waals surface area (Å²) in [5.74, 6) is 0.738. The lowest BCUT2D eigenvalue weighted by molar-refractivity contribution is -0.387. The van der Waals surface area contributed by atoms with E-state index in [9.17, 15) is 10.1 Å². The lowest BCUT2D eigenvalue weighted by Gasteiger charge is -2.05. The normalized spacial score (nSPS) is 10.4. The molecule has 1 heterocycles. The molecule has 0 saturated carbocycles. The number of benzene rings is 1. The first-order valence-corrected chi connectivity index (χ1v) is 6.45. The number of aromatic nitrogens is 2. The van der Waals surface area contributed by atoms with Crippen molar-refractivity contribution in [3.05, 3.63) is 46.3 Å². The Balaban J connectivity index is 2.32. The third-order valence-corrected chi connectivity index (χ3v) is 3.30. The van der Waals surface area contributed by atoms with Gasteiger partial charge in [-0.2, -0.15) is 0 Å². The van der Waals surface area contributed by atoms with E-state index in [0.29, 0.717) is 21.6 Å². The van der Waals surface area contributed by atoms with E-state index in [4.69, 9.17) is 10.5 Å². The van der Waals surface area contributed by atoms with Gasteiger partial charge in [-0.15, -0.1) is 0 Å². The molecule has 0 bridgehead atoms. The van der Waals surface area contributed by atoms with E-state index in [1.165, 1.54) is 24.9 Å². The van der Waals surface area contributed by atoms with Gasteiger partial charge in [0.15, 0.2) is 5.82 Å². The lowest BCUT2D eigenvalue weighted by Crippen LogP contribution is -2.02. The van der Waals surface area contributed by atoms with Crippen molar-refractivity contribution in [2.24, 2.45) is 0 Å². The van der Waals surface area contributed by atoms with Crippen LogP contribution >= 0.6 is 11.8 Å². The summed E-state index contributed by atoms with van der Waals surface area (Å²) in [6.07, 6.45) is 0. The van der Waals surface area contributed by atoms with Gasteiger partial charge in [0.25, 0.3) is 5.69 Å². The second kappa shape index (κ2) is 6.31. The SMILES string of the molecule is COCc1nc(N)cc(Sc2ccccc2[N+](=O)[O-])n1. The van der Waals surface area contributed by atoms with Gasteiger partial charge in [-0.1, -0.05) is 23.9 Å². The number of anilines is 1. The minimum atomic E-state index is -0.428. The number of methoxy groups -OCH3 is 1. The van der Waals surface area contributed by atoms with Crippen LogP contribution in [-0.2, 0) is 11.3 Å². The zero-order valence-corrected chi connectivity index (χ0v) is 11.5. The number of para-hydroxylation sites is 1. The fraction of sp³-hybridized carbons (Fsp3) is 0.167. The molecular weight excluding hydrogens is 280 g/mol. The number of nitrogen functional groups attached to an aromatic ring is 1. The smallest absolute Gasteiger partial charge is 0.283 e. The quantitative estimate of drug-likeness (QED) is 0.512. The average molecular weight is 292 g/mol. The van der Waals surface area contributed by atoms with Gasteiger partial charge in [-0.3, -0.25) is 10.1 Å². The third kappa shape index (κ3) is 3.43. The molecule has 2 aromatic rings. The first kappa shape index (κ1) is 14.2. The monoisotopic (exact) mass is 292 g/mol. The number of hydrogen-bond acceptors (Lipinski definition) is 7. The standard InChI is InChI=1S/C12H12N4O3S/c1-19-7-11-14-10(13)6-12(15-11)20-9-5-3-2-4-8(9)16(17)18/h2-6H,7H2,1H3,(H2,13,14,15). The second-order valence-corrected chi connectivity index (χ2v) is 4.87. The number of nitrogens with zero attached hydrogens (tertiary/aromatic N) is 3.